The van der Waals surface area contributed by atoms with E-state index in [0.29, 0.717) is 11.3 Å². The summed E-state index contributed by atoms with van der Waals surface area (Å²) in [7, 11) is 0. The van der Waals surface area contributed by atoms with Crippen molar-refractivity contribution in [1.29, 1.82) is 0 Å². The van der Waals surface area contributed by atoms with Crippen LogP contribution in [-0.4, -0.2) is 47.4 Å². The summed E-state index contributed by atoms with van der Waals surface area (Å²) >= 11 is 0. The molecule has 1 heterocycles. The monoisotopic (exact) mass is 297 g/mol. The van der Waals surface area contributed by atoms with E-state index < -0.39 is 0 Å². The smallest absolute Gasteiger partial charge is 0.0942 e. The molecule has 4 atom stereocenters. The highest BCUT2D eigenvalue weighted by Crippen LogP contribution is 2.38. The molecule has 0 aromatic heterocycles. The Kier molecular flexibility index (Phi) is 5.38. The first-order valence-corrected chi connectivity index (χ1v) is 9.05. The maximum atomic E-state index is 10.4. The number of likely N-dealkylation sites (tertiary alicyclic amines) is 1. The van der Waals surface area contributed by atoms with Crippen molar-refractivity contribution < 1.29 is 9.59 Å². The fourth-order valence-corrected chi connectivity index (χ4v) is 5.11. The molecule has 0 aromatic carbocycles. The van der Waals surface area contributed by atoms with Gasteiger partial charge in [-0.3, -0.25) is 0 Å². The Balaban J connectivity index is 2.24. The third-order valence-electron chi connectivity index (χ3n) is 5.65. The zero-order valence-electron chi connectivity index (χ0n) is 14.6. The van der Waals surface area contributed by atoms with Crippen LogP contribution in [0.15, 0.2) is 0 Å². The lowest BCUT2D eigenvalue weighted by molar-refractivity contribution is -0.964. The SMILES string of the molecule is CCC(O)C1CC(N)C[N+](CC(C)(C)C)(C2CCCC2)C1. The maximum absolute atomic E-state index is 10.4. The average molecular weight is 298 g/mol. The molecule has 2 aliphatic rings. The molecule has 124 valence electrons. The van der Waals surface area contributed by atoms with E-state index in [1.54, 1.807) is 0 Å². The van der Waals surface area contributed by atoms with E-state index in [1.165, 1.54) is 36.7 Å². The van der Waals surface area contributed by atoms with Gasteiger partial charge in [0.05, 0.1) is 37.8 Å². The third-order valence-corrected chi connectivity index (χ3v) is 5.65. The molecule has 0 aromatic rings. The van der Waals surface area contributed by atoms with Crippen LogP contribution in [0.25, 0.3) is 0 Å². The van der Waals surface area contributed by atoms with Gasteiger partial charge in [0.1, 0.15) is 0 Å². The van der Waals surface area contributed by atoms with Crippen molar-refractivity contribution in [2.75, 3.05) is 19.6 Å². The van der Waals surface area contributed by atoms with Gasteiger partial charge in [0, 0.05) is 11.3 Å². The Morgan fingerprint density at radius 3 is 2.33 bits per heavy atom. The first kappa shape index (κ1) is 17.2. The number of aliphatic hydroxyl groups excluding tert-OH is 1. The Morgan fingerprint density at radius 1 is 1.19 bits per heavy atom. The van der Waals surface area contributed by atoms with Gasteiger partial charge in [0.2, 0.25) is 0 Å². The number of hydrogen-bond donors (Lipinski definition) is 2. The number of piperidine rings is 1. The van der Waals surface area contributed by atoms with E-state index in [1.807, 2.05) is 0 Å². The number of nitrogens with two attached hydrogens (primary N) is 1. The summed E-state index contributed by atoms with van der Waals surface area (Å²) in [6.07, 6.45) is 7.17. The molecule has 0 amide bonds. The van der Waals surface area contributed by atoms with Gasteiger partial charge < -0.3 is 15.3 Å². The number of hydrogen-bond acceptors (Lipinski definition) is 2. The maximum Gasteiger partial charge on any atom is 0.0942 e. The Labute approximate surface area is 131 Å². The highest BCUT2D eigenvalue weighted by Gasteiger charge is 2.48. The molecular weight excluding hydrogens is 260 g/mol. The van der Waals surface area contributed by atoms with E-state index in [2.05, 4.69) is 27.7 Å². The van der Waals surface area contributed by atoms with Gasteiger partial charge in [-0.2, -0.15) is 0 Å². The van der Waals surface area contributed by atoms with Gasteiger partial charge in [-0.1, -0.05) is 27.7 Å². The Bertz CT molecular complexity index is 333. The summed E-state index contributed by atoms with van der Waals surface area (Å²) < 4.78 is 1.17. The highest BCUT2D eigenvalue weighted by atomic mass is 16.3. The Morgan fingerprint density at radius 2 is 1.81 bits per heavy atom. The molecule has 4 unspecified atom stereocenters. The van der Waals surface area contributed by atoms with Crippen molar-refractivity contribution in [3.05, 3.63) is 0 Å². The van der Waals surface area contributed by atoms with Gasteiger partial charge in [-0.25, -0.2) is 0 Å². The van der Waals surface area contributed by atoms with Crippen LogP contribution in [0.5, 0.6) is 0 Å². The number of aliphatic hydroxyl groups is 1. The summed E-state index contributed by atoms with van der Waals surface area (Å²) in [6, 6.07) is 1.04. The third kappa shape index (κ3) is 4.20. The van der Waals surface area contributed by atoms with Crippen molar-refractivity contribution in [2.24, 2.45) is 17.1 Å². The molecule has 0 bridgehead atoms. The molecule has 3 N–H and O–H groups in total. The zero-order valence-corrected chi connectivity index (χ0v) is 14.6. The first-order valence-electron chi connectivity index (χ1n) is 9.05. The van der Waals surface area contributed by atoms with Crippen molar-refractivity contribution in [2.45, 2.75) is 84.4 Å². The van der Waals surface area contributed by atoms with Gasteiger partial charge in [0.25, 0.3) is 0 Å². The topological polar surface area (TPSA) is 46.2 Å². The fraction of sp³-hybridized carbons (Fsp3) is 1.00. The van der Waals surface area contributed by atoms with Crippen LogP contribution in [0.3, 0.4) is 0 Å². The van der Waals surface area contributed by atoms with Crippen molar-refractivity contribution >= 4 is 0 Å². The summed E-state index contributed by atoms with van der Waals surface area (Å²) in [5.41, 5.74) is 6.77. The van der Waals surface area contributed by atoms with E-state index in [4.69, 9.17) is 5.73 Å². The predicted octanol–water partition coefficient (Wildman–Crippen LogP) is 2.91. The fourth-order valence-electron chi connectivity index (χ4n) is 5.11. The lowest BCUT2D eigenvalue weighted by Crippen LogP contribution is -2.67. The number of quaternary nitrogens is 1. The molecule has 3 heteroatoms. The molecule has 0 spiro atoms. The molecule has 3 nitrogen and oxygen atoms in total. The largest absolute Gasteiger partial charge is 0.393 e. The predicted molar refractivity (Wildman–Crippen MR) is 89.0 cm³/mol. The molecule has 2 rings (SSSR count). The van der Waals surface area contributed by atoms with Gasteiger partial charge in [-0.15, -0.1) is 0 Å². The van der Waals surface area contributed by atoms with Gasteiger partial charge in [-0.05, 0) is 38.5 Å². The minimum atomic E-state index is -0.171. The van der Waals surface area contributed by atoms with Crippen molar-refractivity contribution in [3.63, 3.8) is 0 Å². The van der Waals surface area contributed by atoms with Crippen molar-refractivity contribution in [3.8, 4) is 0 Å². The summed E-state index contributed by atoms with van der Waals surface area (Å²) in [6.45, 7) is 12.6. The summed E-state index contributed by atoms with van der Waals surface area (Å²) in [4.78, 5) is 0. The minimum Gasteiger partial charge on any atom is -0.393 e. The van der Waals surface area contributed by atoms with Gasteiger partial charge >= 0.3 is 0 Å². The lowest BCUT2D eigenvalue weighted by atomic mass is 9.82. The van der Waals surface area contributed by atoms with Crippen LogP contribution in [-0.2, 0) is 0 Å². The second-order valence-corrected chi connectivity index (χ2v) is 8.97. The quantitative estimate of drug-likeness (QED) is 0.784. The van der Waals surface area contributed by atoms with Crippen molar-refractivity contribution in [1.82, 2.24) is 0 Å². The van der Waals surface area contributed by atoms with E-state index in [-0.39, 0.29) is 12.1 Å². The molecule has 1 saturated heterocycles. The molecular formula is C18H37N2O+. The van der Waals surface area contributed by atoms with Gasteiger partial charge in [0.15, 0.2) is 0 Å². The van der Waals surface area contributed by atoms with Crippen LogP contribution >= 0.6 is 0 Å². The van der Waals surface area contributed by atoms with E-state index in [9.17, 15) is 5.11 Å². The number of rotatable bonds is 4. The van der Waals surface area contributed by atoms with Crippen LogP contribution in [0.2, 0.25) is 0 Å². The molecule has 1 aliphatic heterocycles. The molecule has 1 aliphatic carbocycles. The zero-order chi connectivity index (χ0) is 15.7. The highest BCUT2D eigenvalue weighted by molar-refractivity contribution is 4.83. The van der Waals surface area contributed by atoms with Crippen LogP contribution < -0.4 is 5.73 Å². The molecule has 1 saturated carbocycles. The van der Waals surface area contributed by atoms with E-state index >= 15 is 0 Å². The second-order valence-electron chi connectivity index (χ2n) is 8.97. The van der Waals surface area contributed by atoms with Crippen LogP contribution in [0.1, 0.15) is 66.2 Å². The van der Waals surface area contributed by atoms with E-state index in [0.717, 1.165) is 32.0 Å². The van der Waals surface area contributed by atoms with Crippen LogP contribution in [0, 0.1) is 11.3 Å². The Hall–Kier alpha value is -0.120. The average Bonchev–Trinajstić information content (AvgIpc) is 2.89. The summed E-state index contributed by atoms with van der Waals surface area (Å²) in [5.74, 6) is 0.390. The molecule has 21 heavy (non-hydrogen) atoms. The first-order chi connectivity index (χ1) is 9.76. The number of nitrogens with zero attached hydrogens (tertiary/aromatic N) is 1. The second kappa shape index (κ2) is 6.55. The standard InChI is InChI=1S/C18H37N2O/c1-5-17(21)14-10-15(19)12-20(11-14,13-18(2,3)4)16-8-6-7-9-16/h14-17,21H,5-13,19H2,1-4H3/q+1. The lowest BCUT2D eigenvalue weighted by Gasteiger charge is -2.53. The molecule has 0 radical (unpaired) electrons. The van der Waals surface area contributed by atoms with Crippen LogP contribution in [0.4, 0.5) is 0 Å². The minimum absolute atomic E-state index is 0.171. The normalized spacial score (nSPS) is 36.9. The molecule has 2 fully saturated rings. The summed E-state index contributed by atoms with van der Waals surface area (Å²) in [5, 5.41) is 10.4.